The highest BCUT2D eigenvalue weighted by Crippen LogP contribution is 2.48. The van der Waals surface area contributed by atoms with E-state index < -0.39 is 0 Å². The predicted octanol–water partition coefficient (Wildman–Crippen LogP) is 11.7. The maximum Gasteiger partial charge on any atom is 0.256 e. The van der Waals surface area contributed by atoms with Crippen LogP contribution in [0, 0.1) is 6.92 Å². The summed E-state index contributed by atoms with van der Waals surface area (Å²) in [7, 11) is 0. The standard InChI is InChI=1S/C51H34BN3O2/c1-33-30-43-48-46(31-33)56-45-32-38(53(34-16-6-2-7-17-34)35-18-8-3-9-19-35)26-27-40(45)52(48)41-28-29-42(54(36-20-10-4-11-21-36)37-22-12-5-13-23-37)47-50(41)55(43)49-39-24-14-15-25-44(39)57-51(47)49/h2-32H,1H3. The number of nitrogens with zero attached hydrogens (tertiary/aromatic N) is 3. The molecule has 6 heteroatoms. The first-order valence-corrected chi connectivity index (χ1v) is 19.5. The maximum absolute atomic E-state index is 7.04. The molecule has 0 fully saturated rings. The molecule has 5 nitrogen and oxygen atoms in total. The molecule has 0 saturated carbocycles. The Bertz CT molecular complexity index is 3100. The molecule has 0 aliphatic carbocycles. The number of benzene rings is 8. The molecule has 4 heterocycles. The van der Waals surface area contributed by atoms with Crippen LogP contribution in [-0.2, 0) is 0 Å². The van der Waals surface area contributed by atoms with Gasteiger partial charge in [0.15, 0.2) is 5.58 Å². The van der Waals surface area contributed by atoms with Gasteiger partial charge in [0, 0.05) is 45.6 Å². The Kier molecular flexibility index (Phi) is 6.87. The third-order valence-electron chi connectivity index (χ3n) is 11.6. The second kappa shape index (κ2) is 12.3. The lowest BCUT2D eigenvalue weighted by atomic mass is 9.34. The quantitative estimate of drug-likeness (QED) is 0.160. The molecule has 0 amide bonds. The van der Waals surface area contributed by atoms with E-state index in [0.717, 1.165) is 95.3 Å². The first-order valence-electron chi connectivity index (χ1n) is 19.5. The molecule has 0 N–H and O–H groups in total. The largest absolute Gasteiger partial charge is 0.458 e. The summed E-state index contributed by atoms with van der Waals surface area (Å²) in [5.41, 5.74) is 16.2. The summed E-state index contributed by atoms with van der Waals surface area (Å²) in [6, 6.07) is 66.6. The molecule has 2 aromatic heterocycles. The molecule has 12 rings (SSSR count). The van der Waals surface area contributed by atoms with Crippen LogP contribution in [0.5, 0.6) is 11.5 Å². The normalized spacial score (nSPS) is 12.4. The molecule has 0 saturated heterocycles. The van der Waals surface area contributed by atoms with Gasteiger partial charge in [-0.15, -0.1) is 0 Å². The molecule has 10 aromatic rings. The Balaban J connectivity index is 1.15. The molecule has 8 aromatic carbocycles. The van der Waals surface area contributed by atoms with Crippen LogP contribution in [-0.4, -0.2) is 11.3 Å². The van der Waals surface area contributed by atoms with Crippen LogP contribution in [0.15, 0.2) is 192 Å². The summed E-state index contributed by atoms with van der Waals surface area (Å²) < 4.78 is 16.5. The number of aromatic nitrogens is 1. The molecule has 0 unspecified atom stereocenters. The number of hydrogen-bond acceptors (Lipinski definition) is 4. The lowest BCUT2D eigenvalue weighted by Gasteiger charge is -2.35. The van der Waals surface area contributed by atoms with Gasteiger partial charge >= 0.3 is 0 Å². The van der Waals surface area contributed by atoms with E-state index in [1.54, 1.807) is 0 Å². The molecule has 268 valence electrons. The number of rotatable bonds is 6. The van der Waals surface area contributed by atoms with Crippen molar-refractivity contribution in [3.05, 3.63) is 194 Å². The number of hydrogen-bond donors (Lipinski definition) is 0. The SMILES string of the molecule is Cc1cc2c3c(c1)-n1c4c(ccc(N(c5ccccc5)c5ccccc5)c4c4oc5ccccc5c41)B3c1ccc(N(c3ccccc3)c3ccccc3)cc1O2. The van der Waals surface area contributed by atoms with Crippen LogP contribution in [0.2, 0.25) is 0 Å². The molecule has 57 heavy (non-hydrogen) atoms. The van der Waals surface area contributed by atoms with E-state index >= 15 is 0 Å². The fraction of sp³-hybridized carbons (Fsp3) is 0.0196. The second-order valence-electron chi connectivity index (χ2n) is 15.0. The molecular weight excluding hydrogens is 697 g/mol. The lowest BCUT2D eigenvalue weighted by molar-refractivity contribution is 0.487. The topological polar surface area (TPSA) is 33.8 Å². The third-order valence-corrected chi connectivity index (χ3v) is 11.6. The first-order chi connectivity index (χ1) is 28.2. The van der Waals surface area contributed by atoms with Crippen molar-refractivity contribution in [2.45, 2.75) is 6.92 Å². The van der Waals surface area contributed by atoms with Gasteiger partial charge in [0.05, 0.1) is 16.6 Å². The minimum atomic E-state index is -0.0634. The fourth-order valence-corrected chi connectivity index (χ4v) is 9.33. The highest BCUT2D eigenvalue weighted by Gasteiger charge is 2.42. The average Bonchev–Trinajstić information content (AvgIpc) is 3.80. The van der Waals surface area contributed by atoms with Crippen LogP contribution < -0.4 is 30.9 Å². The maximum atomic E-state index is 7.04. The molecule has 2 aliphatic rings. The Morgan fingerprint density at radius 2 is 1.07 bits per heavy atom. The van der Waals surface area contributed by atoms with Gasteiger partial charge in [0.1, 0.15) is 22.6 Å². The average molecular weight is 732 g/mol. The summed E-state index contributed by atoms with van der Waals surface area (Å²) in [6.45, 7) is 2.10. The predicted molar refractivity (Wildman–Crippen MR) is 236 cm³/mol. The van der Waals surface area contributed by atoms with Crippen molar-refractivity contribution >= 4 is 90.2 Å². The summed E-state index contributed by atoms with van der Waals surface area (Å²) in [4.78, 5) is 4.65. The van der Waals surface area contributed by atoms with Crippen molar-refractivity contribution in [2.75, 3.05) is 9.80 Å². The van der Waals surface area contributed by atoms with Gasteiger partial charge in [-0.1, -0.05) is 97.1 Å². The summed E-state index contributed by atoms with van der Waals surface area (Å²) in [5, 5.41) is 2.17. The van der Waals surface area contributed by atoms with Crippen molar-refractivity contribution in [1.29, 1.82) is 0 Å². The van der Waals surface area contributed by atoms with Crippen LogP contribution in [0.3, 0.4) is 0 Å². The zero-order chi connectivity index (χ0) is 37.6. The molecule has 0 atom stereocenters. The first kappa shape index (κ1) is 31.9. The van der Waals surface area contributed by atoms with Crippen LogP contribution in [0.1, 0.15) is 5.56 Å². The van der Waals surface area contributed by atoms with Crippen LogP contribution in [0.25, 0.3) is 38.7 Å². The molecule has 0 spiro atoms. The van der Waals surface area contributed by atoms with Crippen molar-refractivity contribution in [2.24, 2.45) is 0 Å². The Hall–Kier alpha value is -7.44. The molecule has 0 radical (unpaired) electrons. The number of anilines is 6. The van der Waals surface area contributed by atoms with Crippen molar-refractivity contribution in [3.63, 3.8) is 0 Å². The van der Waals surface area contributed by atoms with Crippen molar-refractivity contribution < 1.29 is 9.15 Å². The van der Waals surface area contributed by atoms with E-state index in [4.69, 9.17) is 9.15 Å². The Labute approximate surface area is 330 Å². The van der Waals surface area contributed by atoms with Gasteiger partial charge in [0.25, 0.3) is 6.71 Å². The number of furan rings is 1. The van der Waals surface area contributed by atoms with Gasteiger partial charge in [-0.3, -0.25) is 0 Å². The number of fused-ring (bicyclic) bond motifs is 9. The van der Waals surface area contributed by atoms with E-state index in [0.29, 0.717) is 0 Å². The molecular formula is C51H34BN3O2. The monoisotopic (exact) mass is 731 g/mol. The van der Waals surface area contributed by atoms with Gasteiger partial charge < -0.3 is 23.5 Å². The van der Waals surface area contributed by atoms with Gasteiger partial charge in [-0.05, 0) is 114 Å². The van der Waals surface area contributed by atoms with Gasteiger partial charge in [-0.25, -0.2) is 0 Å². The molecule has 0 bridgehead atoms. The van der Waals surface area contributed by atoms with Gasteiger partial charge in [-0.2, -0.15) is 0 Å². The number of para-hydroxylation sites is 5. The second-order valence-corrected chi connectivity index (χ2v) is 15.0. The van der Waals surface area contributed by atoms with E-state index in [1.807, 2.05) is 0 Å². The van der Waals surface area contributed by atoms with E-state index in [1.165, 1.54) is 10.9 Å². The number of aryl methyl sites for hydroxylation is 1. The Morgan fingerprint density at radius 1 is 0.491 bits per heavy atom. The molecule has 2 aliphatic heterocycles. The summed E-state index contributed by atoms with van der Waals surface area (Å²) in [5.74, 6) is 1.75. The summed E-state index contributed by atoms with van der Waals surface area (Å²) in [6.07, 6.45) is 0. The van der Waals surface area contributed by atoms with E-state index in [9.17, 15) is 0 Å². The zero-order valence-corrected chi connectivity index (χ0v) is 31.1. The zero-order valence-electron chi connectivity index (χ0n) is 31.1. The highest BCUT2D eigenvalue weighted by atomic mass is 16.5. The lowest BCUT2D eigenvalue weighted by Crippen LogP contribution is -2.58. The minimum Gasteiger partial charge on any atom is -0.458 e. The Morgan fingerprint density at radius 3 is 1.72 bits per heavy atom. The van der Waals surface area contributed by atoms with Gasteiger partial charge in [0.2, 0.25) is 0 Å². The fourth-order valence-electron chi connectivity index (χ4n) is 9.33. The minimum absolute atomic E-state index is 0.0634. The van der Waals surface area contributed by atoms with E-state index in [2.05, 4.69) is 209 Å². The van der Waals surface area contributed by atoms with E-state index in [-0.39, 0.29) is 6.71 Å². The van der Waals surface area contributed by atoms with Crippen molar-refractivity contribution in [1.82, 2.24) is 4.57 Å². The van der Waals surface area contributed by atoms with Crippen LogP contribution in [0.4, 0.5) is 34.1 Å². The van der Waals surface area contributed by atoms with Crippen LogP contribution >= 0.6 is 0 Å². The smallest absolute Gasteiger partial charge is 0.256 e. The summed E-state index contributed by atoms with van der Waals surface area (Å²) >= 11 is 0. The third kappa shape index (κ3) is 4.71. The number of ether oxygens (including phenoxy) is 1. The highest BCUT2D eigenvalue weighted by molar-refractivity contribution is 6.99. The van der Waals surface area contributed by atoms with Crippen molar-refractivity contribution in [3.8, 4) is 17.2 Å².